The first-order valence-electron chi connectivity index (χ1n) is 8.52. The van der Waals surface area contributed by atoms with Crippen LogP contribution in [0.15, 0.2) is 42.9 Å². The van der Waals surface area contributed by atoms with Crippen molar-refractivity contribution in [3.05, 3.63) is 53.6 Å². The van der Waals surface area contributed by atoms with Gasteiger partial charge in [-0.1, -0.05) is 11.6 Å². The number of aryl methyl sites for hydroxylation is 1. The van der Waals surface area contributed by atoms with Crippen molar-refractivity contribution in [1.29, 1.82) is 5.26 Å². The molecule has 0 spiro atoms. The fourth-order valence-corrected chi connectivity index (χ4v) is 2.61. The molecule has 0 unspecified atom stereocenters. The maximum atomic E-state index is 13.0. The van der Waals surface area contributed by atoms with Crippen LogP contribution in [-0.2, 0) is 13.2 Å². The average Bonchev–Trinajstić information content (AvgIpc) is 3.11. The molecule has 6 nitrogen and oxygen atoms in total. The van der Waals surface area contributed by atoms with E-state index in [1.165, 1.54) is 24.7 Å². The monoisotopic (exact) mass is 422 g/mol. The van der Waals surface area contributed by atoms with Gasteiger partial charge in [0.2, 0.25) is 0 Å². The molecule has 0 radical (unpaired) electrons. The first-order chi connectivity index (χ1) is 13.8. The average molecular weight is 423 g/mol. The van der Waals surface area contributed by atoms with Crippen LogP contribution in [0.2, 0.25) is 5.15 Å². The van der Waals surface area contributed by atoms with Gasteiger partial charge in [-0.25, -0.2) is 4.98 Å². The number of rotatable bonds is 4. The number of hydrogen-bond donors (Lipinski definition) is 1. The summed E-state index contributed by atoms with van der Waals surface area (Å²) in [5.41, 5.74) is 5.73. The van der Waals surface area contributed by atoms with Crippen molar-refractivity contribution in [3.8, 4) is 28.6 Å². The molecular weight excluding hydrogens is 405 g/mol. The molecule has 0 saturated carbocycles. The second-order valence-corrected chi connectivity index (χ2v) is 6.33. The van der Waals surface area contributed by atoms with E-state index in [9.17, 15) is 13.2 Å². The van der Waals surface area contributed by atoms with Gasteiger partial charge in [-0.05, 0) is 54.4 Å². The number of alkyl halides is 3. The van der Waals surface area contributed by atoms with Gasteiger partial charge in [0.25, 0.3) is 0 Å². The molecular formula is C19H18ClF3N6. The number of nitrogens with two attached hydrogens (primary N) is 1. The van der Waals surface area contributed by atoms with E-state index in [2.05, 4.69) is 15.2 Å². The molecule has 0 aliphatic carbocycles. The summed E-state index contributed by atoms with van der Waals surface area (Å²) in [7, 11) is 1.72. The zero-order valence-corrected chi connectivity index (χ0v) is 16.2. The van der Waals surface area contributed by atoms with E-state index in [-0.39, 0.29) is 5.15 Å². The molecule has 0 aliphatic heterocycles. The quantitative estimate of drug-likeness (QED) is 0.494. The third-order valence-electron chi connectivity index (χ3n) is 3.83. The Morgan fingerprint density at radius 1 is 1.21 bits per heavy atom. The van der Waals surface area contributed by atoms with Gasteiger partial charge in [0, 0.05) is 25.2 Å². The standard InChI is InChI=1S/C15H10ClF3N4.C4H8N2/c1-23-8-21-22-14(23)11-3-2-10(15(17,18)19)7-12(11)9-4-5-20-13(16)6-9;5-3-1-2-4-6/h2-8H,1H3;1-3,5H2. The maximum Gasteiger partial charge on any atom is 0.416 e. The fourth-order valence-electron chi connectivity index (χ4n) is 2.43. The smallest absolute Gasteiger partial charge is 0.330 e. The molecule has 2 heterocycles. The van der Waals surface area contributed by atoms with Crippen molar-refractivity contribution in [2.24, 2.45) is 12.8 Å². The topological polar surface area (TPSA) is 93.4 Å². The third-order valence-corrected chi connectivity index (χ3v) is 4.04. The summed E-state index contributed by atoms with van der Waals surface area (Å²) in [6.07, 6.45) is -0.0916. The van der Waals surface area contributed by atoms with Gasteiger partial charge in [0.1, 0.15) is 11.5 Å². The normalized spacial score (nSPS) is 10.8. The lowest BCUT2D eigenvalue weighted by Crippen LogP contribution is -2.06. The molecule has 0 saturated heterocycles. The molecule has 0 fully saturated rings. The molecule has 1 aromatic carbocycles. The number of nitriles is 1. The Hall–Kier alpha value is -2.96. The number of hydrogen-bond acceptors (Lipinski definition) is 5. The van der Waals surface area contributed by atoms with Crippen molar-refractivity contribution < 1.29 is 13.2 Å². The maximum absolute atomic E-state index is 13.0. The number of aromatic nitrogens is 4. The first-order valence-corrected chi connectivity index (χ1v) is 8.90. The van der Waals surface area contributed by atoms with Crippen LogP contribution in [-0.4, -0.2) is 26.3 Å². The molecule has 3 rings (SSSR count). The van der Waals surface area contributed by atoms with Gasteiger partial charge in [-0.2, -0.15) is 18.4 Å². The van der Waals surface area contributed by atoms with E-state index in [0.717, 1.165) is 18.6 Å². The highest BCUT2D eigenvalue weighted by Crippen LogP contribution is 2.37. The summed E-state index contributed by atoms with van der Waals surface area (Å²) in [6.45, 7) is 0.633. The molecule has 2 N–H and O–H groups in total. The molecule has 0 bridgehead atoms. The second kappa shape index (κ2) is 10.0. The van der Waals surface area contributed by atoms with Crippen molar-refractivity contribution in [2.45, 2.75) is 19.0 Å². The molecule has 29 heavy (non-hydrogen) atoms. The summed E-state index contributed by atoms with van der Waals surface area (Å²) in [5.74, 6) is 0.460. The van der Waals surface area contributed by atoms with Crippen molar-refractivity contribution >= 4 is 11.6 Å². The van der Waals surface area contributed by atoms with Crippen LogP contribution in [0.3, 0.4) is 0 Å². The lowest BCUT2D eigenvalue weighted by atomic mass is 9.97. The summed E-state index contributed by atoms with van der Waals surface area (Å²) in [5, 5.41) is 15.8. The van der Waals surface area contributed by atoms with Crippen LogP contribution >= 0.6 is 11.6 Å². The van der Waals surface area contributed by atoms with E-state index in [0.29, 0.717) is 35.5 Å². The van der Waals surface area contributed by atoms with Crippen LogP contribution < -0.4 is 5.73 Å². The largest absolute Gasteiger partial charge is 0.416 e. The van der Waals surface area contributed by atoms with Gasteiger partial charge in [-0.15, -0.1) is 10.2 Å². The molecule has 0 amide bonds. The van der Waals surface area contributed by atoms with Gasteiger partial charge < -0.3 is 10.3 Å². The zero-order valence-electron chi connectivity index (χ0n) is 15.5. The molecule has 2 aromatic heterocycles. The number of halogens is 4. The number of pyridine rings is 1. The number of unbranched alkanes of at least 4 members (excludes halogenated alkanes) is 1. The zero-order chi connectivity index (χ0) is 21.4. The second-order valence-electron chi connectivity index (χ2n) is 5.94. The Labute approximate surface area is 170 Å². The minimum Gasteiger partial charge on any atom is -0.330 e. The van der Waals surface area contributed by atoms with E-state index in [1.54, 1.807) is 17.7 Å². The molecule has 0 atom stereocenters. The minimum absolute atomic E-state index is 0.198. The number of benzene rings is 1. The van der Waals surface area contributed by atoms with Crippen molar-refractivity contribution in [2.75, 3.05) is 6.54 Å². The van der Waals surface area contributed by atoms with Gasteiger partial charge in [0.05, 0.1) is 11.6 Å². The van der Waals surface area contributed by atoms with E-state index >= 15 is 0 Å². The molecule has 152 valence electrons. The van der Waals surface area contributed by atoms with Crippen molar-refractivity contribution in [3.63, 3.8) is 0 Å². The van der Waals surface area contributed by atoms with E-state index in [4.69, 9.17) is 22.6 Å². The Bertz CT molecular complexity index is 994. The molecule has 10 heteroatoms. The van der Waals surface area contributed by atoms with Crippen LogP contribution in [0.5, 0.6) is 0 Å². The highest BCUT2D eigenvalue weighted by atomic mass is 35.5. The van der Waals surface area contributed by atoms with Crippen molar-refractivity contribution in [1.82, 2.24) is 19.7 Å². The van der Waals surface area contributed by atoms with E-state index < -0.39 is 11.7 Å². The highest BCUT2D eigenvalue weighted by molar-refractivity contribution is 6.29. The van der Waals surface area contributed by atoms with Crippen LogP contribution in [0.4, 0.5) is 13.2 Å². The fraction of sp³-hybridized carbons (Fsp3) is 0.263. The van der Waals surface area contributed by atoms with Gasteiger partial charge >= 0.3 is 6.18 Å². The van der Waals surface area contributed by atoms with Gasteiger partial charge in [-0.3, -0.25) is 0 Å². The highest BCUT2D eigenvalue weighted by Gasteiger charge is 2.31. The Morgan fingerprint density at radius 2 is 1.97 bits per heavy atom. The molecule has 0 aliphatic rings. The SMILES string of the molecule is Cn1cnnc1-c1ccc(C(F)(F)F)cc1-c1ccnc(Cl)c1.N#CCCCN. The third kappa shape index (κ3) is 6.01. The Morgan fingerprint density at radius 3 is 2.48 bits per heavy atom. The van der Waals surface area contributed by atoms with E-state index in [1.807, 2.05) is 6.07 Å². The Kier molecular flexibility index (Phi) is 7.70. The van der Waals surface area contributed by atoms with Gasteiger partial charge in [0.15, 0.2) is 5.82 Å². The minimum atomic E-state index is -4.44. The first kappa shape index (κ1) is 22.3. The predicted molar refractivity (Wildman–Crippen MR) is 104 cm³/mol. The predicted octanol–water partition coefficient (Wildman–Crippen LogP) is 4.47. The summed E-state index contributed by atoms with van der Waals surface area (Å²) in [6, 6.07) is 8.59. The van der Waals surface area contributed by atoms with Crippen LogP contribution in [0, 0.1) is 11.3 Å². The number of nitrogens with zero attached hydrogens (tertiary/aromatic N) is 5. The van der Waals surface area contributed by atoms with Crippen LogP contribution in [0.1, 0.15) is 18.4 Å². The molecule has 3 aromatic rings. The lowest BCUT2D eigenvalue weighted by Gasteiger charge is -2.13. The summed E-state index contributed by atoms with van der Waals surface area (Å²) < 4.78 is 40.8. The summed E-state index contributed by atoms with van der Waals surface area (Å²) in [4.78, 5) is 3.86. The van der Waals surface area contributed by atoms with Crippen LogP contribution in [0.25, 0.3) is 22.5 Å². The summed E-state index contributed by atoms with van der Waals surface area (Å²) >= 11 is 5.87. The lowest BCUT2D eigenvalue weighted by molar-refractivity contribution is -0.137. The Balaban J connectivity index is 0.000000438.